The zero-order chi connectivity index (χ0) is 23.3. The molecule has 1 aliphatic rings. The molecule has 2 aromatic rings. The van der Waals surface area contributed by atoms with Gasteiger partial charge in [0, 0.05) is 13.1 Å². The molecule has 0 aromatic heterocycles. The molecule has 7 nitrogen and oxygen atoms in total. The van der Waals surface area contributed by atoms with Crippen LogP contribution in [0.2, 0.25) is 0 Å². The van der Waals surface area contributed by atoms with Gasteiger partial charge in [-0.3, -0.25) is 9.59 Å². The second kappa shape index (κ2) is 9.85. The number of likely N-dealkylation sites (tertiary alicyclic amines) is 1. The number of rotatable bonds is 5. The van der Waals surface area contributed by atoms with E-state index in [-0.39, 0.29) is 19.0 Å². The highest BCUT2D eigenvalue weighted by atomic mass is 16.6. The molecule has 0 spiro atoms. The van der Waals surface area contributed by atoms with Gasteiger partial charge in [0.2, 0.25) is 5.91 Å². The maximum absolute atomic E-state index is 13.7. The van der Waals surface area contributed by atoms with Gasteiger partial charge in [0.05, 0.1) is 25.0 Å². The first-order valence-corrected chi connectivity index (χ1v) is 10.7. The van der Waals surface area contributed by atoms with Crippen LogP contribution in [0, 0.1) is 5.92 Å². The molecule has 1 fully saturated rings. The van der Waals surface area contributed by atoms with Crippen molar-refractivity contribution in [1.82, 2.24) is 10.2 Å². The second-order valence-electron chi connectivity index (χ2n) is 8.88. The number of methoxy groups -OCH3 is 1. The topological polar surface area (TPSA) is 84.9 Å². The Morgan fingerprint density at radius 3 is 1.94 bits per heavy atom. The molecule has 170 valence electrons. The first kappa shape index (κ1) is 23.3. The van der Waals surface area contributed by atoms with Crippen LogP contribution in [0.1, 0.15) is 37.8 Å². The minimum atomic E-state index is -0.677. The van der Waals surface area contributed by atoms with Crippen molar-refractivity contribution in [3.63, 3.8) is 0 Å². The lowest BCUT2D eigenvalue weighted by molar-refractivity contribution is -0.145. The van der Waals surface area contributed by atoms with E-state index >= 15 is 0 Å². The fraction of sp³-hybridized carbons (Fsp3) is 0.400. The number of carbonyl (C=O) groups excluding carboxylic acids is 3. The van der Waals surface area contributed by atoms with Gasteiger partial charge in [0.15, 0.2) is 0 Å². The third-order valence-electron chi connectivity index (χ3n) is 5.35. The molecule has 0 aliphatic carbocycles. The fourth-order valence-electron chi connectivity index (χ4n) is 3.93. The fourth-order valence-corrected chi connectivity index (χ4v) is 3.93. The SMILES string of the molecule is COC(=O)C1CN(C(=O)C(c2ccccc2)c2ccccc2)CC1NC(=O)OC(C)(C)C. The Morgan fingerprint density at radius 1 is 0.938 bits per heavy atom. The average molecular weight is 439 g/mol. The van der Waals surface area contributed by atoms with Crippen LogP contribution < -0.4 is 5.32 Å². The molecular formula is C25H30N2O5. The maximum Gasteiger partial charge on any atom is 0.407 e. The van der Waals surface area contributed by atoms with Gasteiger partial charge in [-0.25, -0.2) is 4.79 Å². The van der Waals surface area contributed by atoms with Gasteiger partial charge in [-0.15, -0.1) is 0 Å². The summed E-state index contributed by atoms with van der Waals surface area (Å²) >= 11 is 0. The molecular weight excluding hydrogens is 408 g/mol. The Bertz CT molecular complexity index is 900. The van der Waals surface area contributed by atoms with Crippen molar-refractivity contribution < 1.29 is 23.9 Å². The predicted octanol–water partition coefficient (Wildman–Crippen LogP) is 3.34. The molecule has 0 radical (unpaired) electrons. The van der Waals surface area contributed by atoms with E-state index in [9.17, 15) is 14.4 Å². The molecule has 2 atom stereocenters. The quantitative estimate of drug-likeness (QED) is 0.724. The summed E-state index contributed by atoms with van der Waals surface area (Å²) in [5.41, 5.74) is 1.05. The van der Waals surface area contributed by atoms with Crippen molar-refractivity contribution in [1.29, 1.82) is 0 Å². The molecule has 0 bridgehead atoms. The molecule has 2 aromatic carbocycles. The maximum atomic E-state index is 13.7. The van der Waals surface area contributed by atoms with E-state index < -0.39 is 35.5 Å². The van der Waals surface area contributed by atoms with Crippen LogP contribution in [0.25, 0.3) is 0 Å². The summed E-state index contributed by atoms with van der Waals surface area (Å²) in [5, 5.41) is 2.75. The lowest BCUT2D eigenvalue weighted by Crippen LogP contribution is -2.45. The second-order valence-corrected chi connectivity index (χ2v) is 8.88. The molecule has 1 N–H and O–H groups in total. The zero-order valence-electron chi connectivity index (χ0n) is 18.9. The van der Waals surface area contributed by atoms with Crippen LogP contribution in [0.5, 0.6) is 0 Å². The average Bonchev–Trinajstić information content (AvgIpc) is 3.17. The smallest absolute Gasteiger partial charge is 0.407 e. The van der Waals surface area contributed by atoms with E-state index in [4.69, 9.17) is 9.47 Å². The van der Waals surface area contributed by atoms with E-state index in [1.165, 1.54) is 7.11 Å². The number of carbonyl (C=O) groups is 3. The molecule has 2 amide bonds. The molecule has 32 heavy (non-hydrogen) atoms. The number of nitrogens with one attached hydrogen (secondary N) is 1. The van der Waals surface area contributed by atoms with Crippen molar-refractivity contribution in [2.75, 3.05) is 20.2 Å². The molecule has 3 rings (SSSR count). The third kappa shape index (κ3) is 5.66. The molecule has 2 unspecified atom stereocenters. The van der Waals surface area contributed by atoms with Gasteiger partial charge in [-0.1, -0.05) is 60.7 Å². The summed E-state index contributed by atoms with van der Waals surface area (Å²) in [7, 11) is 1.30. The Balaban J connectivity index is 1.85. The summed E-state index contributed by atoms with van der Waals surface area (Å²) in [6.45, 7) is 5.63. The van der Waals surface area contributed by atoms with Crippen molar-refractivity contribution in [3.8, 4) is 0 Å². The van der Waals surface area contributed by atoms with Crippen molar-refractivity contribution in [2.45, 2.75) is 38.3 Å². The number of benzene rings is 2. The van der Waals surface area contributed by atoms with Crippen LogP contribution in [-0.2, 0) is 19.1 Å². The number of amides is 2. The lowest BCUT2D eigenvalue weighted by Gasteiger charge is -2.25. The summed E-state index contributed by atoms with van der Waals surface area (Å²) in [4.78, 5) is 40.1. The number of hydrogen-bond acceptors (Lipinski definition) is 5. The largest absolute Gasteiger partial charge is 0.469 e. The minimum absolute atomic E-state index is 0.134. The van der Waals surface area contributed by atoms with Crippen LogP contribution >= 0.6 is 0 Å². The van der Waals surface area contributed by atoms with Crippen molar-refractivity contribution >= 4 is 18.0 Å². The molecule has 1 heterocycles. The molecule has 1 saturated heterocycles. The Hall–Kier alpha value is -3.35. The molecule has 1 aliphatic heterocycles. The molecule has 7 heteroatoms. The summed E-state index contributed by atoms with van der Waals surface area (Å²) in [6, 6.07) is 18.5. The van der Waals surface area contributed by atoms with E-state index in [0.717, 1.165) is 11.1 Å². The number of alkyl carbamates (subject to hydrolysis) is 1. The van der Waals surface area contributed by atoms with Gasteiger partial charge < -0.3 is 19.7 Å². The van der Waals surface area contributed by atoms with Crippen molar-refractivity contribution in [3.05, 3.63) is 71.8 Å². The van der Waals surface area contributed by atoms with Gasteiger partial charge in [-0.2, -0.15) is 0 Å². The first-order chi connectivity index (χ1) is 15.2. The Morgan fingerprint density at radius 2 is 1.47 bits per heavy atom. The van der Waals surface area contributed by atoms with Crippen LogP contribution in [0.3, 0.4) is 0 Å². The Kier molecular flexibility index (Phi) is 7.18. The number of ether oxygens (including phenoxy) is 2. The van der Waals surface area contributed by atoms with Gasteiger partial charge in [0.1, 0.15) is 5.60 Å². The summed E-state index contributed by atoms with van der Waals surface area (Å²) in [5.74, 6) is -1.80. The monoisotopic (exact) mass is 438 g/mol. The molecule has 0 saturated carbocycles. The van der Waals surface area contributed by atoms with Crippen molar-refractivity contribution in [2.24, 2.45) is 5.92 Å². The summed E-state index contributed by atoms with van der Waals surface area (Å²) < 4.78 is 10.3. The Labute approximate surface area is 188 Å². The lowest BCUT2D eigenvalue weighted by atomic mass is 9.90. The highest BCUT2D eigenvalue weighted by molar-refractivity contribution is 5.88. The highest BCUT2D eigenvalue weighted by Crippen LogP contribution is 2.30. The van der Waals surface area contributed by atoms with Crippen LogP contribution in [0.4, 0.5) is 4.79 Å². The van der Waals surface area contributed by atoms with E-state index in [0.29, 0.717) is 0 Å². The highest BCUT2D eigenvalue weighted by Gasteiger charge is 2.43. The van der Waals surface area contributed by atoms with Crippen LogP contribution in [0.15, 0.2) is 60.7 Å². The van der Waals surface area contributed by atoms with E-state index in [1.54, 1.807) is 25.7 Å². The van der Waals surface area contributed by atoms with Gasteiger partial charge >= 0.3 is 12.1 Å². The zero-order valence-corrected chi connectivity index (χ0v) is 18.9. The predicted molar refractivity (Wildman–Crippen MR) is 120 cm³/mol. The normalized spacial score (nSPS) is 18.3. The van der Waals surface area contributed by atoms with Crippen LogP contribution in [-0.4, -0.2) is 54.7 Å². The van der Waals surface area contributed by atoms with Gasteiger partial charge in [0.25, 0.3) is 0 Å². The summed E-state index contributed by atoms with van der Waals surface area (Å²) in [6.07, 6.45) is -0.631. The standard InChI is InChI=1S/C25H30N2O5/c1-25(2,3)32-24(30)26-20-16-27(15-19(20)23(29)31-4)22(28)21(17-11-7-5-8-12-17)18-13-9-6-10-14-18/h5-14,19-21H,15-16H2,1-4H3,(H,26,30). The van der Waals surface area contributed by atoms with E-state index in [2.05, 4.69) is 5.32 Å². The first-order valence-electron chi connectivity index (χ1n) is 10.7. The number of nitrogens with zero attached hydrogens (tertiary/aromatic N) is 1. The third-order valence-corrected chi connectivity index (χ3v) is 5.35. The number of hydrogen-bond donors (Lipinski definition) is 1. The minimum Gasteiger partial charge on any atom is -0.469 e. The van der Waals surface area contributed by atoms with Gasteiger partial charge in [-0.05, 0) is 31.9 Å². The van der Waals surface area contributed by atoms with E-state index in [1.807, 2.05) is 60.7 Å². The number of esters is 1.